The van der Waals surface area contributed by atoms with Gasteiger partial charge in [-0.2, -0.15) is 0 Å². The Kier molecular flexibility index (Phi) is 6.16. The molecule has 0 aliphatic rings. The van der Waals surface area contributed by atoms with Crippen LogP contribution in [0.4, 0.5) is 4.39 Å². The summed E-state index contributed by atoms with van der Waals surface area (Å²) < 4.78 is 15.0. The van der Waals surface area contributed by atoms with E-state index in [1.54, 1.807) is 36.5 Å². The van der Waals surface area contributed by atoms with Crippen molar-refractivity contribution in [2.75, 3.05) is 20.6 Å². The zero-order valence-corrected chi connectivity index (χ0v) is 15.1. The second kappa shape index (κ2) is 7.90. The number of benzene rings is 2. The first kappa shape index (κ1) is 17.9. The van der Waals surface area contributed by atoms with Crippen molar-refractivity contribution in [3.63, 3.8) is 0 Å². The summed E-state index contributed by atoms with van der Waals surface area (Å²) in [6, 6.07) is 9.43. The number of rotatable bonds is 5. The molecule has 0 heterocycles. The van der Waals surface area contributed by atoms with Gasteiger partial charge >= 0.3 is 0 Å². The number of likely N-dealkylation sites (N-methyl/N-ethyl adjacent to an activating group) is 1. The van der Waals surface area contributed by atoms with Gasteiger partial charge in [-0.25, -0.2) is 4.39 Å². The number of phenolic OH excluding ortho intramolecular Hbond substituents is 1. The number of nitrogens with zero attached hydrogens (tertiary/aromatic N) is 2. The summed E-state index contributed by atoms with van der Waals surface area (Å²) in [7, 11) is 3.69. The number of aliphatic imine (C=N–C) groups is 1. The monoisotopic (exact) mass is 398 g/mol. The average Bonchev–Trinajstić information content (AvgIpc) is 2.48. The fraction of sp³-hybridized carbons (Fsp3) is 0.235. The number of phenols is 1. The summed E-state index contributed by atoms with van der Waals surface area (Å²) in [5.74, 6) is -0.209. The largest absolute Gasteiger partial charge is 0.507 e. The zero-order valence-electron chi connectivity index (χ0n) is 12.8. The number of aromatic hydroxyl groups is 1. The molecule has 0 saturated carbocycles. The topological polar surface area (TPSA) is 35.8 Å². The molecule has 6 heteroatoms. The summed E-state index contributed by atoms with van der Waals surface area (Å²) in [6.45, 7) is 0.319. The lowest BCUT2D eigenvalue weighted by atomic mass is 10.1. The molecule has 23 heavy (non-hydrogen) atoms. The molecule has 0 fully saturated rings. The predicted molar refractivity (Wildman–Crippen MR) is 96.1 cm³/mol. The maximum atomic E-state index is 14.1. The first-order chi connectivity index (χ1) is 10.9. The van der Waals surface area contributed by atoms with Crippen molar-refractivity contribution >= 4 is 33.7 Å². The van der Waals surface area contributed by atoms with E-state index in [9.17, 15) is 9.50 Å². The molecule has 0 saturated heterocycles. The van der Waals surface area contributed by atoms with Gasteiger partial charge in [0, 0.05) is 26.8 Å². The van der Waals surface area contributed by atoms with Gasteiger partial charge < -0.3 is 10.0 Å². The van der Waals surface area contributed by atoms with Crippen LogP contribution >= 0.6 is 27.5 Å². The summed E-state index contributed by atoms with van der Waals surface area (Å²) in [4.78, 5) is 6.21. The molecular formula is C17H17BrClFN2O. The third-order valence-corrected chi connectivity index (χ3v) is 4.28. The zero-order chi connectivity index (χ0) is 17.0. The summed E-state index contributed by atoms with van der Waals surface area (Å²) in [5, 5.41) is 10.2. The van der Waals surface area contributed by atoms with Crippen molar-refractivity contribution in [3.8, 4) is 5.75 Å². The highest BCUT2D eigenvalue weighted by molar-refractivity contribution is 9.10. The fourth-order valence-electron chi connectivity index (χ4n) is 2.22. The molecule has 122 valence electrons. The van der Waals surface area contributed by atoms with Crippen molar-refractivity contribution in [3.05, 3.63) is 62.8 Å². The van der Waals surface area contributed by atoms with E-state index in [0.717, 1.165) is 4.47 Å². The lowest BCUT2D eigenvalue weighted by Gasteiger charge is -2.24. The highest BCUT2D eigenvalue weighted by Crippen LogP contribution is 2.29. The van der Waals surface area contributed by atoms with E-state index < -0.39 is 0 Å². The second-order valence-electron chi connectivity index (χ2n) is 5.31. The normalized spacial score (nSPS) is 13.0. The van der Waals surface area contributed by atoms with Crippen LogP contribution in [0.1, 0.15) is 17.2 Å². The van der Waals surface area contributed by atoms with Crippen LogP contribution in [-0.2, 0) is 0 Å². The van der Waals surface area contributed by atoms with E-state index in [1.165, 1.54) is 6.07 Å². The van der Waals surface area contributed by atoms with Crippen LogP contribution in [0.3, 0.4) is 0 Å². The molecule has 0 aliphatic carbocycles. The van der Waals surface area contributed by atoms with Gasteiger partial charge in [-0.3, -0.25) is 4.99 Å². The van der Waals surface area contributed by atoms with Crippen LogP contribution in [0.2, 0.25) is 5.02 Å². The van der Waals surface area contributed by atoms with E-state index in [4.69, 9.17) is 11.6 Å². The second-order valence-corrected chi connectivity index (χ2v) is 6.64. The molecule has 1 atom stereocenters. The van der Waals surface area contributed by atoms with Crippen LogP contribution < -0.4 is 0 Å². The smallest absolute Gasteiger partial charge is 0.129 e. The third-order valence-electron chi connectivity index (χ3n) is 3.45. The number of hydrogen-bond donors (Lipinski definition) is 1. The lowest BCUT2D eigenvalue weighted by Crippen LogP contribution is -2.24. The van der Waals surface area contributed by atoms with Crippen LogP contribution in [0.5, 0.6) is 5.75 Å². The van der Waals surface area contributed by atoms with E-state index in [-0.39, 0.29) is 17.6 Å². The molecule has 0 bridgehead atoms. The Morgan fingerprint density at radius 1 is 1.35 bits per heavy atom. The Bertz CT molecular complexity index is 701. The minimum absolute atomic E-state index is 0.141. The van der Waals surface area contributed by atoms with Gasteiger partial charge in [0.05, 0.1) is 12.6 Å². The quantitative estimate of drug-likeness (QED) is 0.742. The molecule has 0 aliphatic heterocycles. The van der Waals surface area contributed by atoms with Crippen molar-refractivity contribution in [1.29, 1.82) is 0 Å². The van der Waals surface area contributed by atoms with Crippen molar-refractivity contribution in [2.45, 2.75) is 6.04 Å². The van der Waals surface area contributed by atoms with Gasteiger partial charge in [-0.05, 0) is 44.4 Å². The molecule has 2 rings (SSSR count). The van der Waals surface area contributed by atoms with Gasteiger partial charge in [0.2, 0.25) is 0 Å². The Morgan fingerprint density at radius 2 is 2.09 bits per heavy atom. The first-order valence-corrected chi connectivity index (χ1v) is 8.16. The summed E-state index contributed by atoms with van der Waals surface area (Å²) >= 11 is 9.49. The molecule has 0 amide bonds. The van der Waals surface area contributed by atoms with E-state index in [2.05, 4.69) is 20.9 Å². The molecule has 0 aromatic heterocycles. The van der Waals surface area contributed by atoms with Gasteiger partial charge in [0.1, 0.15) is 11.6 Å². The van der Waals surface area contributed by atoms with E-state index in [1.807, 2.05) is 19.0 Å². The van der Waals surface area contributed by atoms with E-state index >= 15 is 0 Å². The maximum absolute atomic E-state index is 14.1. The van der Waals surface area contributed by atoms with E-state index in [0.29, 0.717) is 22.7 Å². The maximum Gasteiger partial charge on any atom is 0.129 e. The lowest BCUT2D eigenvalue weighted by molar-refractivity contribution is 0.299. The SMILES string of the molecule is CN(C)[C@H](CN=Cc1cc(Br)ccc1O)c1c(F)cccc1Cl. The summed E-state index contributed by atoms with van der Waals surface area (Å²) in [5.41, 5.74) is 1.02. The molecule has 2 aromatic carbocycles. The van der Waals surface area contributed by atoms with Crippen molar-refractivity contribution in [1.82, 2.24) is 4.90 Å². The fourth-order valence-corrected chi connectivity index (χ4v) is 2.89. The van der Waals surface area contributed by atoms with Crippen LogP contribution in [0, 0.1) is 5.82 Å². The van der Waals surface area contributed by atoms with Gasteiger partial charge in [0.15, 0.2) is 0 Å². The highest BCUT2D eigenvalue weighted by Gasteiger charge is 2.20. The Balaban J connectivity index is 2.24. The number of hydrogen-bond acceptors (Lipinski definition) is 3. The third kappa shape index (κ3) is 4.53. The van der Waals surface area contributed by atoms with Gasteiger partial charge in [0.25, 0.3) is 0 Å². The predicted octanol–water partition coefficient (Wildman–Crippen LogP) is 4.67. The Labute approximate surface area is 148 Å². The molecule has 0 radical (unpaired) electrons. The first-order valence-electron chi connectivity index (χ1n) is 6.99. The minimum atomic E-state index is -0.350. The average molecular weight is 400 g/mol. The Morgan fingerprint density at radius 3 is 2.74 bits per heavy atom. The summed E-state index contributed by atoms with van der Waals surface area (Å²) in [6.07, 6.45) is 1.57. The molecule has 0 spiro atoms. The minimum Gasteiger partial charge on any atom is -0.507 e. The number of halogens is 3. The Hall–Kier alpha value is -1.43. The standard InChI is InChI=1S/C17H17BrClFN2O/c1-22(2)15(17-13(19)4-3-5-14(17)20)10-21-9-11-8-12(18)6-7-16(11)23/h3-9,15,23H,10H2,1-2H3/t15-/m1/s1. The molecule has 1 N–H and O–H groups in total. The van der Waals surface area contributed by atoms with Crippen molar-refractivity contribution in [2.24, 2.45) is 4.99 Å². The van der Waals surface area contributed by atoms with Crippen LogP contribution in [-0.4, -0.2) is 36.9 Å². The van der Waals surface area contributed by atoms with Crippen LogP contribution in [0.25, 0.3) is 0 Å². The van der Waals surface area contributed by atoms with Crippen LogP contribution in [0.15, 0.2) is 45.9 Å². The van der Waals surface area contributed by atoms with Crippen molar-refractivity contribution < 1.29 is 9.50 Å². The molecule has 2 aromatic rings. The molecule has 3 nitrogen and oxygen atoms in total. The molecular weight excluding hydrogens is 383 g/mol. The highest BCUT2D eigenvalue weighted by atomic mass is 79.9. The van der Waals surface area contributed by atoms with Gasteiger partial charge in [-0.1, -0.05) is 33.6 Å². The molecule has 0 unspecified atom stereocenters. The van der Waals surface area contributed by atoms with Gasteiger partial charge in [-0.15, -0.1) is 0 Å².